The first-order valence-electron chi connectivity index (χ1n) is 5.27. The Kier molecular flexibility index (Phi) is 3.08. The second kappa shape index (κ2) is 4.36. The lowest BCUT2D eigenvalue weighted by molar-refractivity contribution is 0.0809. The van der Waals surface area contributed by atoms with Gasteiger partial charge in [-0.2, -0.15) is 0 Å². The number of hydrogen-bond acceptors (Lipinski definition) is 3. The van der Waals surface area contributed by atoms with Crippen LogP contribution < -0.4 is 0 Å². The van der Waals surface area contributed by atoms with Crippen molar-refractivity contribution in [3.8, 4) is 11.3 Å². The third-order valence-electron chi connectivity index (χ3n) is 2.21. The van der Waals surface area contributed by atoms with E-state index in [9.17, 15) is 5.11 Å². The van der Waals surface area contributed by atoms with Crippen LogP contribution in [-0.4, -0.2) is 15.7 Å². The van der Waals surface area contributed by atoms with Crippen LogP contribution in [0.15, 0.2) is 35.7 Å². The van der Waals surface area contributed by atoms with E-state index in [-0.39, 0.29) is 0 Å². The Morgan fingerprint density at radius 1 is 1.25 bits per heavy atom. The maximum Gasteiger partial charge on any atom is 0.0961 e. The molecule has 16 heavy (non-hydrogen) atoms. The molecule has 1 aromatic carbocycles. The van der Waals surface area contributed by atoms with Crippen LogP contribution in [0.5, 0.6) is 0 Å². The van der Waals surface area contributed by atoms with E-state index >= 15 is 0 Å². The Labute approximate surface area is 99.6 Å². The summed E-state index contributed by atoms with van der Waals surface area (Å²) in [5.74, 6) is 0. The van der Waals surface area contributed by atoms with Crippen molar-refractivity contribution in [2.75, 3.05) is 0 Å². The fourth-order valence-electron chi connectivity index (χ4n) is 1.50. The third kappa shape index (κ3) is 2.90. The van der Waals surface area contributed by atoms with Crippen molar-refractivity contribution in [2.45, 2.75) is 25.9 Å². The van der Waals surface area contributed by atoms with E-state index in [1.54, 1.807) is 25.2 Å². The molecular weight excluding hydrogens is 218 g/mol. The van der Waals surface area contributed by atoms with Gasteiger partial charge in [-0.25, -0.2) is 4.98 Å². The first kappa shape index (κ1) is 11.3. The molecule has 2 aromatic rings. The summed E-state index contributed by atoms with van der Waals surface area (Å²) in [6.07, 6.45) is 0.602. The van der Waals surface area contributed by atoms with Crippen molar-refractivity contribution >= 4 is 11.3 Å². The van der Waals surface area contributed by atoms with Gasteiger partial charge in [-0.1, -0.05) is 30.3 Å². The van der Waals surface area contributed by atoms with E-state index in [1.165, 1.54) is 0 Å². The summed E-state index contributed by atoms with van der Waals surface area (Å²) in [4.78, 5) is 4.52. The molecule has 0 radical (unpaired) electrons. The van der Waals surface area contributed by atoms with E-state index in [2.05, 4.69) is 4.98 Å². The van der Waals surface area contributed by atoms with Crippen LogP contribution in [0.4, 0.5) is 0 Å². The molecule has 0 aliphatic rings. The molecule has 0 fully saturated rings. The lowest BCUT2D eigenvalue weighted by Gasteiger charge is -2.14. The van der Waals surface area contributed by atoms with Crippen molar-refractivity contribution in [3.63, 3.8) is 0 Å². The number of thiazole rings is 1. The van der Waals surface area contributed by atoms with E-state index < -0.39 is 5.60 Å². The first-order chi connectivity index (χ1) is 7.54. The number of benzene rings is 1. The zero-order valence-electron chi connectivity index (χ0n) is 9.47. The van der Waals surface area contributed by atoms with Gasteiger partial charge < -0.3 is 5.11 Å². The highest BCUT2D eigenvalue weighted by atomic mass is 32.1. The average molecular weight is 233 g/mol. The fraction of sp³-hybridized carbons (Fsp3) is 0.308. The van der Waals surface area contributed by atoms with Crippen LogP contribution in [0, 0.1) is 0 Å². The standard InChI is InChI=1S/C13H15NOS/c1-13(2,15)8-12-14-11(9-16-12)10-6-4-3-5-7-10/h3-7,9,15H,8H2,1-2H3. The predicted octanol–water partition coefficient (Wildman–Crippen LogP) is 3.12. The smallest absolute Gasteiger partial charge is 0.0961 e. The predicted molar refractivity (Wildman–Crippen MR) is 67.6 cm³/mol. The second-order valence-electron chi connectivity index (χ2n) is 4.48. The first-order valence-corrected chi connectivity index (χ1v) is 6.15. The molecule has 0 atom stereocenters. The summed E-state index contributed by atoms with van der Waals surface area (Å²) in [6, 6.07) is 10.1. The average Bonchev–Trinajstić information content (AvgIpc) is 2.65. The van der Waals surface area contributed by atoms with E-state index in [0.717, 1.165) is 16.3 Å². The van der Waals surface area contributed by atoms with Crippen molar-refractivity contribution in [1.29, 1.82) is 0 Å². The van der Waals surface area contributed by atoms with Gasteiger partial charge in [0.15, 0.2) is 0 Å². The summed E-state index contributed by atoms with van der Waals surface area (Å²) >= 11 is 1.60. The molecule has 0 spiro atoms. The molecule has 0 saturated carbocycles. The quantitative estimate of drug-likeness (QED) is 0.883. The highest BCUT2D eigenvalue weighted by Gasteiger charge is 2.16. The van der Waals surface area contributed by atoms with Crippen molar-refractivity contribution in [3.05, 3.63) is 40.7 Å². The minimum atomic E-state index is -0.689. The number of aromatic nitrogens is 1. The van der Waals surface area contributed by atoms with Gasteiger partial charge >= 0.3 is 0 Å². The normalized spacial score (nSPS) is 11.7. The summed E-state index contributed by atoms with van der Waals surface area (Å²) in [6.45, 7) is 3.60. The zero-order valence-corrected chi connectivity index (χ0v) is 10.3. The van der Waals surface area contributed by atoms with Gasteiger partial charge in [0.25, 0.3) is 0 Å². The molecule has 1 aromatic heterocycles. The lowest BCUT2D eigenvalue weighted by atomic mass is 10.1. The van der Waals surface area contributed by atoms with Crippen molar-refractivity contribution < 1.29 is 5.11 Å². The van der Waals surface area contributed by atoms with Crippen LogP contribution in [0.2, 0.25) is 0 Å². The van der Waals surface area contributed by atoms with Gasteiger partial charge in [0.05, 0.1) is 16.3 Å². The SMILES string of the molecule is CC(C)(O)Cc1nc(-c2ccccc2)cs1. The minimum Gasteiger partial charge on any atom is -0.390 e. The summed E-state index contributed by atoms with van der Waals surface area (Å²) < 4.78 is 0. The number of nitrogens with zero attached hydrogens (tertiary/aromatic N) is 1. The number of rotatable bonds is 3. The maximum absolute atomic E-state index is 9.72. The molecule has 84 valence electrons. The summed E-state index contributed by atoms with van der Waals surface area (Å²) in [5, 5.41) is 12.7. The second-order valence-corrected chi connectivity index (χ2v) is 5.42. The molecule has 1 N–H and O–H groups in total. The zero-order chi connectivity index (χ0) is 11.6. The lowest BCUT2D eigenvalue weighted by Crippen LogP contribution is -2.21. The molecule has 0 aliphatic heterocycles. The van der Waals surface area contributed by atoms with Crippen LogP contribution in [0.1, 0.15) is 18.9 Å². The fourth-order valence-corrected chi connectivity index (χ4v) is 2.53. The molecular formula is C13H15NOS. The van der Waals surface area contributed by atoms with Gasteiger partial charge in [-0.15, -0.1) is 11.3 Å². The Balaban J connectivity index is 2.21. The summed E-state index contributed by atoms with van der Waals surface area (Å²) in [5.41, 5.74) is 1.43. The molecule has 0 saturated heterocycles. The Bertz CT molecular complexity index is 456. The van der Waals surface area contributed by atoms with Gasteiger partial charge in [0.1, 0.15) is 0 Å². The molecule has 0 bridgehead atoms. The van der Waals surface area contributed by atoms with Crippen LogP contribution >= 0.6 is 11.3 Å². The molecule has 0 aliphatic carbocycles. The Morgan fingerprint density at radius 3 is 2.56 bits per heavy atom. The number of hydrogen-bond donors (Lipinski definition) is 1. The monoisotopic (exact) mass is 233 g/mol. The van der Waals surface area contributed by atoms with E-state index in [4.69, 9.17) is 0 Å². The molecule has 1 heterocycles. The molecule has 0 unspecified atom stereocenters. The van der Waals surface area contributed by atoms with E-state index in [0.29, 0.717) is 6.42 Å². The van der Waals surface area contributed by atoms with Crippen LogP contribution in [-0.2, 0) is 6.42 Å². The minimum absolute atomic E-state index is 0.602. The third-order valence-corrected chi connectivity index (χ3v) is 3.05. The highest BCUT2D eigenvalue weighted by Crippen LogP contribution is 2.23. The van der Waals surface area contributed by atoms with Crippen molar-refractivity contribution in [1.82, 2.24) is 4.98 Å². The van der Waals surface area contributed by atoms with Crippen LogP contribution in [0.3, 0.4) is 0 Å². The van der Waals surface area contributed by atoms with Gasteiger partial charge in [-0.3, -0.25) is 0 Å². The molecule has 2 rings (SSSR count). The van der Waals surface area contributed by atoms with Crippen LogP contribution in [0.25, 0.3) is 11.3 Å². The Morgan fingerprint density at radius 2 is 1.94 bits per heavy atom. The molecule has 2 nitrogen and oxygen atoms in total. The van der Waals surface area contributed by atoms with Gasteiger partial charge in [0.2, 0.25) is 0 Å². The van der Waals surface area contributed by atoms with Gasteiger partial charge in [0, 0.05) is 17.4 Å². The van der Waals surface area contributed by atoms with Gasteiger partial charge in [-0.05, 0) is 13.8 Å². The highest BCUT2D eigenvalue weighted by molar-refractivity contribution is 7.09. The topological polar surface area (TPSA) is 33.1 Å². The Hall–Kier alpha value is -1.19. The largest absolute Gasteiger partial charge is 0.390 e. The molecule has 0 amide bonds. The van der Waals surface area contributed by atoms with E-state index in [1.807, 2.05) is 35.7 Å². The number of aliphatic hydroxyl groups is 1. The van der Waals surface area contributed by atoms with Crippen molar-refractivity contribution in [2.24, 2.45) is 0 Å². The summed E-state index contributed by atoms with van der Waals surface area (Å²) in [7, 11) is 0. The molecule has 3 heteroatoms. The maximum atomic E-state index is 9.72.